The molecule has 1 fully saturated rings. The monoisotopic (exact) mass is 460 g/mol. The molecular formula is C22H20O11. The summed E-state index contributed by atoms with van der Waals surface area (Å²) in [6, 6.07) is 12.1. The first-order valence-corrected chi connectivity index (χ1v) is 9.84. The van der Waals surface area contributed by atoms with E-state index < -0.39 is 60.4 Å². The van der Waals surface area contributed by atoms with Crippen molar-refractivity contribution in [1.82, 2.24) is 0 Å². The van der Waals surface area contributed by atoms with Gasteiger partial charge in [0.05, 0.1) is 17.6 Å². The number of benzene rings is 2. The van der Waals surface area contributed by atoms with Crippen LogP contribution in [0, 0.1) is 0 Å². The molecule has 0 spiro atoms. The van der Waals surface area contributed by atoms with Gasteiger partial charge in [0.25, 0.3) is 5.75 Å². The van der Waals surface area contributed by atoms with Crippen LogP contribution in [0.2, 0.25) is 0 Å². The van der Waals surface area contributed by atoms with Crippen LogP contribution in [0.3, 0.4) is 0 Å². The van der Waals surface area contributed by atoms with Gasteiger partial charge >= 0.3 is 11.6 Å². The number of hydrogen-bond donors (Lipinski definition) is 5. The molecule has 0 bridgehead atoms. The summed E-state index contributed by atoms with van der Waals surface area (Å²) >= 11 is 0. The zero-order valence-electron chi connectivity index (χ0n) is 16.9. The van der Waals surface area contributed by atoms with Crippen LogP contribution in [0.25, 0.3) is 11.0 Å². The van der Waals surface area contributed by atoms with Gasteiger partial charge in [0.2, 0.25) is 6.29 Å². The molecule has 0 saturated carbocycles. The Morgan fingerprint density at radius 1 is 1.00 bits per heavy atom. The van der Waals surface area contributed by atoms with Crippen molar-refractivity contribution in [2.45, 2.75) is 30.7 Å². The summed E-state index contributed by atoms with van der Waals surface area (Å²) in [5, 5.41) is 49.6. The van der Waals surface area contributed by atoms with Crippen molar-refractivity contribution in [3.8, 4) is 17.2 Å². The van der Waals surface area contributed by atoms with E-state index in [1.165, 1.54) is 18.2 Å². The molecule has 2 aromatic carbocycles. The minimum Gasteiger partial charge on any atom is -0.504 e. The van der Waals surface area contributed by atoms with Gasteiger partial charge in [0, 0.05) is 6.07 Å². The van der Waals surface area contributed by atoms with Crippen molar-refractivity contribution in [2.24, 2.45) is 0 Å². The molecule has 4 rings (SSSR count). The molecule has 1 saturated heterocycles. The lowest BCUT2D eigenvalue weighted by Gasteiger charge is -2.39. The predicted octanol–water partition coefficient (Wildman–Crippen LogP) is -0.104. The average molecular weight is 460 g/mol. The highest BCUT2D eigenvalue weighted by molar-refractivity contribution is 5.92. The van der Waals surface area contributed by atoms with Crippen molar-refractivity contribution >= 4 is 16.9 Å². The van der Waals surface area contributed by atoms with E-state index in [0.29, 0.717) is 5.56 Å². The van der Waals surface area contributed by atoms with Crippen molar-refractivity contribution in [1.29, 1.82) is 0 Å². The largest absolute Gasteiger partial charge is 0.504 e. The number of ether oxygens (including phenoxy) is 3. The Morgan fingerprint density at radius 2 is 1.73 bits per heavy atom. The number of aliphatic hydroxyl groups is 4. The molecule has 0 aliphatic carbocycles. The molecule has 33 heavy (non-hydrogen) atoms. The fourth-order valence-electron chi connectivity index (χ4n) is 3.34. The second-order valence-electron chi connectivity index (χ2n) is 7.30. The summed E-state index contributed by atoms with van der Waals surface area (Å²) in [6.07, 6.45) is -8.12. The second-order valence-corrected chi connectivity index (χ2v) is 7.30. The van der Waals surface area contributed by atoms with E-state index in [-0.39, 0.29) is 16.7 Å². The number of carbonyl (C=O) groups excluding carboxylic acids is 1. The lowest BCUT2D eigenvalue weighted by atomic mass is 9.99. The first-order chi connectivity index (χ1) is 15.8. The lowest BCUT2D eigenvalue weighted by molar-refractivity contribution is -0.278. The summed E-state index contributed by atoms with van der Waals surface area (Å²) in [5.41, 5.74) is -0.953. The molecule has 2 heterocycles. The summed E-state index contributed by atoms with van der Waals surface area (Å²) in [7, 11) is 0. The molecule has 11 heteroatoms. The fourth-order valence-corrected chi connectivity index (χ4v) is 3.34. The zero-order valence-corrected chi connectivity index (χ0v) is 16.9. The quantitative estimate of drug-likeness (QED) is 0.195. The Labute approximate surface area is 185 Å². The molecule has 5 atom stereocenters. The van der Waals surface area contributed by atoms with E-state index in [2.05, 4.69) is 0 Å². The van der Waals surface area contributed by atoms with Crippen LogP contribution in [-0.2, 0) is 4.74 Å². The van der Waals surface area contributed by atoms with E-state index in [9.17, 15) is 35.1 Å². The number of aliphatic hydroxyl groups excluding tert-OH is 4. The number of aromatic hydroxyl groups is 1. The van der Waals surface area contributed by atoms with Gasteiger partial charge in [-0.1, -0.05) is 18.2 Å². The van der Waals surface area contributed by atoms with Gasteiger partial charge < -0.3 is 44.2 Å². The molecule has 11 nitrogen and oxygen atoms in total. The SMILES string of the molecule is O=C(Oc1ccc2c(O)c(O[C@@H]3O[C@H](CO)[C@@H](O)[C@H](O)[C@@H]3O)c(=O)oc2c1)c1ccccc1. The van der Waals surface area contributed by atoms with Crippen LogP contribution in [-0.4, -0.2) is 68.8 Å². The summed E-state index contributed by atoms with van der Waals surface area (Å²) in [6.45, 7) is -0.701. The molecular weight excluding hydrogens is 440 g/mol. The predicted molar refractivity (Wildman–Crippen MR) is 110 cm³/mol. The van der Waals surface area contributed by atoms with E-state index >= 15 is 0 Å². The Balaban J connectivity index is 1.60. The fraction of sp³-hybridized carbons (Fsp3) is 0.273. The van der Waals surface area contributed by atoms with Crippen LogP contribution < -0.4 is 15.1 Å². The first kappa shape index (κ1) is 22.7. The van der Waals surface area contributed by atoms with E-state index in [4.69, 9.17) is 18.6 Å². The van der Waals surface area contributed by atoms with Crippen molar-refractivity contribution in [3.05, 3.63) is 64.5 Å². The van der Waals surface area contributed by atoms with Crippen molar-refractivity contribution < 1.29 is 49.0 Å². The second kappa shape index (κ2) is 9.17. The molecule has 3 aromatic rings. The minimum atomic E-state index is -1.79. The Hall–Kier alpha value is -3.48. The Bertz CT molecular complexity index is 1200. The molecule has 0 unspecified atom stereocenters. The third-order valence-electron chi connectivity index (χ3n) is 5.11. The number of esters is 1. The summed E-state index contributed by atoms with van der Waals surface area (Å²) in [4.78, 5) is 24.6. The minimum absolute atomic E-state index is 0.0219. The average Bonchev–Trinajstić information content (AvgIpc) is 2.82. The highest BCUT2D eigenvalue weighted by atomic mass is 16.7. The number of hydrogen-bond acceptors (Lipinski definition) is 11. The smallest absolute Gasteiger partial charge is 0.383 e. The highest BCUT2D eigenvalue weighted by Crippen LogP contribution is 2.35. The maximum atomic E-state index is 12.4. The van der Waals surface area contributed by atoms with Crippen LogP contribution in [0.5, 0.6) is 17.2 Å². The van der Waals surface area contributed by atoms with Crippen molar-refractivity contribution in [2.75, 3.05) is 6.61 Å². The summed E-state index contributed by atoms with van der Waals surface area (Å²) in [5.74, 6) is -1.95. The first-order valence-electron chi connectivity index (χ1n) is 9.84. The van der Waals surface area contributed by atoms with Gasteiger partial charge in [0.15, 0.2) is 5.75 Å². The molecule has 0 amide bonds. The topological polar surface area (TPSA) is 176 Å². The van der Waals surface area contributed by atoms with Gasteiger partial charge in [-0.05, 0) is 24.3 Å². The van der Waals surface area contributed by atoms with Gasteiger partial charge in [-0.3, -0.25) is 0 Å². The molecule has 1 aliphatic heterocycles. The standard InChI is InChI=1S/C22H20O11/c23-9-14-16(25)17(26)18(27)22(32-14)33-19-15(24)12-7-6-11(8-13(12)31-21(19)29)30-20(28)10-4-2-1-3-5-10/h1-8,14,16-18,22-27H,9H2/t14-,16-,17+,18+,22+/m1/s1. The van der Waals surface area contributed by atoms with Gasteiger partial charge in [-0.15, -0.1) is 0 Å². The maximum absolute atomic E-state index is 12.4. The number of rotatable bonds is 5. The van der Waals surface area contributed by atoms with Crippen LogP contribution in [0.1, 0.15) is 10.4 Å². The normalized spacial score (nSPS) is 25.0. The number of fused-ring (bicyclic) bond motifs is 1. The molecule has 1 aliphatic rings. The zero-order chi connectivity index (χ0) is 23.7. The maximum Gasteiger partial charge on any atom is 0.383 e. The Kier molecular flexibility index (Phi) is 6.31. The third-order valence-corrected chi connectivity index (χ3v) is 5.11. The third kappa shape index (κ3) is 4.40. The van der Waals surface area contributed by atoms with Gasteiger partial charge in [-0.25, -0.2) is 9.59 Å². The van der Waals surface area contributed by atoms with Gasteiger partial charge in [-0.2, -0.15) is 0 Å². The van der Waals surface area contributed by atoms with Crippen LogP contribution >= 0.6 is 0 Å². The van der Waals surface area contributed by atoms with Crippen LogP contribution in [0.4, 0.5) is 0 Å². The molecule has 174 valence electrons. The van der Waals surface area contributed by atoms with E-state index in [0.717, 1.165) is 0 Å². The van der Waals surface area contributed by atoms with Gasteiger partial charge in [0.1, 0.15) is 35.7 Å². The van der Waals surface area contributed by atoms with Crippen molar-refractivity contribution in [3.63, 3.8) is 0 Å². The highest BCUT2D eigenvalue weighted by Gasteiger charge is 2.45. The molecule has 1 aromatic heterocycles. The molecule has 0 radical (unpaired) electrons. The number of carbonyl (C=O) groups is 1. The van der Waals surface area contributed by atoms with E-state index in [1.54, 1.807) is 30.3 Å². The molecule has 5 N–H and O–H groups in total. The Morgan fingerprint density at radius 3 is 2.42 bits per heavy atom. The summed E-state index contributed by atoms with van der Waals surface area (Å²) < 4.78 is 20.8. The lowest BCUT2D eigenvalue weighted by Crippen LogP contribution is -2.60. The van der Waals surface area contributed by atoms with E-state index in [1.807, 2.05) is 0 Å². The van der Waals surface area contributed by atoms with Crippen LogP contribution in [0.15, 0.2) is 57.7 Å².